The second-order valence-corrected chi connectivity index (χ2v) is 6.70. The SMILES string of the molecule is COc1c2ccc(C(=O)N3CCCC3Cn3ncccc3=O)cc2nn1C. The lowest BCUT2D eigenvalue weighted by Gasteiger charge is -2.25. The number of hydrogen-bond donors (Lipinski definition) is 0. The highest BCUT2D eigenvalue weighted by atomic mass is 16.5. The first-order valence-electron chi connectivity index (χ1n) is 8.92. The van der Waals surface area contributed by atoms with Crippen molar-refractivity contribution in [2.75, 3.05) is 13.7 Å². The van der Waals surface area contributed by atoms with Crippen LogP contribution in [0.4, 0.5) is 0 Å². The molecular formula is C19H21N5O3. The molecule has 1 aliphatic heterocycles. The van der Waals surface area contributed by atoms with Crippen molar-refractivity contribution in [3.8, 4) is 5.88 Å². The highest BCUT2D eigenvalue weighted by Crippen LogP contribution is 2.27. The average Bonchev–Trinajstić information content (AvgIpc) is 3.25. The molecule has 1 fully saturated rings. The van der Waals surface area contributed by atoms with E-state index in [-0.39, 0.29) is 17.5 Å². The van der Waals surface area contributed by atoms with Gasteiger partial charge in [-0.1, -0.05) is 0 Å². The summed E-state index contributed by atoms with van der Waals surface area (Å²) in [4.78, 5) is 26.9. The molecule has 1 saturated heterocycles. The second-order valence-electron chi connectivity index (χ2n) is 6.70. The van der Waals surface area contributed by atoms with Gasteiger partial charge < -0.3 is 9.64 Å². The van der Waals surface area contributed by atoms with Crippen LogP contribution < -0.4 is 10.3 Å². The maximum atomic E-state index is 13.1. The van der Waals surface area contributed by atoms with Crippen LogP contribution in [0.5, 0.6) is 5.88 Å². The Bertz CT molecular complexity index is 1050. The summed E-state index contributed by atoms with van der Waals surface area (Å²) in [7, 11) is 3.41. The molecule has 0 radical (unpaired) electrons. The minimum absolute atomic E-state index is 0.0425. The zero-order valence-electron chi connectivity index (χ0n) is 15.3. The van der Waals surface area contributed by atoms with Gasteiger partial charge in [0, 0.05) is 31.4 Å². The quantitative estimate of drug-likeness (QED) is 0.697. The lowest BCUT2D eigenvalue weighted by molar-refractivity contribution is 0.0720. The summed E-state index contributed by atoms with van der Waals surface area (Å²) >= 11 is 0. The number of carbonyl (C=O) groups is 1. The lowest BCUT2D eigenvalue weighted by atomic mass is 10.1. The number of nitrogens with zero attached hydrogens (tertiary/aromatic N) is 5. The fourth-order valence-corrected chi connectivity index (χ4v) is 3.73. The number of amides is 1. The largest absolute Gasteiger partial charge is 0.481 e. The van der Waals surface area contributed by atoms with Crippen molar-refractivity contribution in [1.82, 2.24) is 24.5 Å². The van der Waals surface area contributed by atoms with E-state index < -0.39 is 0 Å². The molecule has 0 bridgehead atoms. The minimum atomic E-state index is -0.154. The fourth-order valence-electron chi connectivity index (χ4n) is 3.73. The average molecular weight is 367 g/mol. The van der Waals surface area contributed by atoms with Crippen LogP contribution in [0.1, 0.15) is 23.2 Å². The monoisotopic (exact) mass is 367 g/mol. The molecule has 1 aliphatic rings. The molecule has 1 unspecified atom stereocenters. The number of ether oxygens (including phenoxy) is 1. The molecule has 0 saturated carbocycles. The van der Waals surface area contributed by atoms with Crippen molar-refractivity contribution in [2.45, 2.75) is 25.4 Å². The zero-order chi connectivity index (χ0) is 19.0. The standard InChI is InChI=1S/C19H21N5O3/c1-22-19(27-2)15-8-7-13(11-16(15)21-22)18(26)23-10-4-5-14(23)12-24-17(25)6-3-9-20-24/h3,6-9,11,14H,4-5,10,12H2,1-2H3. The van der Waals surface area contributed by atoms with Crippen molar-refractivity contribution in [3.63, 3.8) is 0 Å². The summed E-state index contributed by atoms with van der Waals surface area (Å²) in [5.74, 6) is 0.616. The maximum Gasteiger partial charge on any atom is 0.266 e. The third-order valence-corrected chi connectivity index (χ3v) is 5.03. The summed E-state index contributed by atoms with van der Waals surface area (Å²) in [5.41, 5.74) is 1.15. The molecule has 4 rings (SSSR count). The maximum absolute atomic E-state index is 13.1. The molecule has 3 heterocycles. The summed E-state index contributed by atoms with van der Waals surface area (Å²) in [6.07, 6.45) is 3.36. The fraction of sp³-hybridized carbons (Fsp3) is 0.368. The van der Waals surface area contributed by atoms with Crippen LogP contribution in [0.25, 0.3) is 10.9 Å². The smallest absolute Gasteiger partial charge is 0.266 e. The highest BCUT2D eigenvalue weighted by molar-refractivity contribution is 5.99. The van der Waals surface area contributed by atoms with Crippen LogP contribution >= 0.6 is 0 Å². The summed E-state index contributed by atoms with van der Waals surface area (Å²) in [6.45, 7) is 1.08. The third-order valence-electron chi connectivity index (χ3n) is 5.03. The number of hydrogen-bond acceptors (Lipinski definition) is 5. The Kier molecular flexibility index (Phi) is 4.39. The molecule has 2 aromatic heterocycles. The number of fused-ring (bicyclic) bond motifs is 1. The summed E-state index contributed by atoms with van der Waals surface area (Å²) < 4.78 is 8.44. The van der Waals surface area contributed by atoms with Crippen LogP contribution in [-0.4, -0.2) is 50.1 Å². The van der Waals surface area contributed by atoms with E-state index in [2.05, 4.69) is 10.2 Å². The van der Waals surface area contributed by atoms with E-state index in [1.807, 2.05) is 11.0 Å². The van der Waals surface area contributed by atoms with E-state index in [0.29, 0.717) is 24.5 Å². The molecule has 140 valence electrons. The van der Waals surface area contributed by atoms with Gasteiger partial charge in [0.15, 0.2) is 0 Å². The Morgan fingerprint density at radius 3 is 2.96 bits per heavy atom. The predicted molar refractivity (Wildman–Crippen MR) is 99.8 cm³/mol. The molecule has 1 atom stereocenters. The van der Waals surface area contributed by atoms with Gasteiger partial charge in [0.05, 0.1) is 30.6 Å². The van der Waals surface area contributed by atoms with Crippen molar-refractivity contribution < 1.29 is 9.53 Å². The Balaban J connectivity index is 1.60. The molecule has 3 aromatic rings. The Morgan fingerprint density at radius 2 is 2.19 bits per heavy atom. The summed E-state index contributed by atoms with van der Waals surface area (Å²) in [5, 5.41) is 9.40. The van der Waals surface area contributed by atoms with E-state index in [0.717, 1.165) is 23.7 Å². The number of rotatable bonds is 4. The molecular weight excluding hydrogens is 346 g/mol. The number of benzene rings is 1. The number of aromatic nitrogens is 4. The van der Waals surface area contributed by atoms with Crippen molar-refractivity contribution in [3.05, 3.63) is 52.4 Å². The van der Waals surface area contributed by atoms with Gasteiger partial charge in [-0.3, -0.25) is 9.59 Å². The first-order valence-corrected chi connectivity index (χ1v) is 8.92. The van der Waals surface area contributed by atoms with Gasteiger partial charge in [-0.25, -0.2) is 9.36 Å². The second kappa shape index (κ2) is 6.86. The molecule has 0 spiro atoms. The van der Waals surface area contributed by atoms with Crippen molar-refractivity contribution >= 4 is 16.8 Å². The van der Waals surface area contributed by atoms with Gasteiger partial charge in [0.2, 0.25) is 5.88 Å². The molecule has 0 N–H and O–H groups in total. The Hall–Kier alpha value is -3.16. The van der Waals surface area contributed by atoms with Gasteiger partial charge in [0.25, 0.3) is 11.5 Å². The number of aryl methyl sites for hydroxylation is 1. The third kappa shape index (κ3) is 3.07. The van der Waals surface area contributed by atoms with E-state index in [1.165, 1.54) is 10.7 Å². The highest BCUT2D eigenvalue weighted by Gasteiger charge is 2.30. The number of carbonyl (C=O) groups excluding carboxylic acids is 1. The van der Waals surface area contributed by atoms with E-state index >= 15 is 0 Å². The predicted octanol–water partition coefficient (Wildman–Crippen LogP) is 1.44. The van der Waals surface area contributed by atoms with Crippen LogP contribution in [0.3, 0.4) is 0 Å². The Morgan fingerprint density at radius 1 is 1.33 bits per heavy atom. The van der Waals surface area contributed by atoms with E-state index in [1.54, 1.807) is 43.2 Å². The minimum Gasteiger partial charge on any atom is -0.481 e. The zero-order valence-corrected chi connectivity index (χ0v) is 15.3. The van der Waals surface area contributed by atoms with Crippen LogP contribution in [0, 0.1) is 0 Å². The molecule has 27 heavy (non-hydrogen) atoms. The number of methoxy groups -OCH3 is 1. The Labute approximate surface area is 156 Å². The van der Waals surface area contributed by atoms with Crippen LogP contribution in [-0.2, 0) is 13.6 Å². The van der Waals surface area contributed by atoms with E-state index in [9.17, 15) is 9.59 Å². The molecule has 1 aromatic carbocycles. The number of likely N-dealkylation sites (tertiary alicyclic amines) is 1. The van der Waals surface area contributed by atoms with Gasteiger partial charge in [-0.05, 0) is 37.1 Å². The van der Waals surface area contributed by atoms with Crippen molar-refractivity contribution in [2.24, 2.45) is 7.05 Å². The van der Waals surface area contributed by atoms with Crippen LogP contribution in [0.2, 0.25) is 0 Å². The lowest BCUT2D eigenvalue weighted by Crippen LogP contribution is -2.40. The van der Waals surface area contributed by atoms with Crippen molar-refractivity contribution in [1.29, 1.82) is 0 Å². The normalized spacial score (nSPS) is 16.8. The topological polar surface area (TPSA) is 82.2 Å². The first-order chi connectivity index (χ1) is 13.1. The molecule has 0 aliphatic carbocycles. The van der Waals surface area contributed by atoms with E-state index in [4.69, 9.17) is 4.74 Å². The van der Waals surface area contributed by atoms with Gasteiger partial charge in [-0.2, -0.15) is 10.2 Å². The first kappa shape index (κ1) is 17.3. The van der Waals surface area contributed by atoms with Crippen LogP contribution in [0.15, 0.2) is 41.3 Å². The van der Waals surface area contributed by atoms with Gasteiger partial charge in [-0.15, -0.1) is 0 Å². The molecule has 8 heteroatoms. The molecule has 8 nitrogen and oxygen atoms in total. The van der Waals surface area contributed by atoms with Gasteiger partial charge >= 0.3 is 0 Å². The van der Waals surface area contributed by atoms with Gasteiger partial charge in [0.1, 0.15) is 0 Å². The molecule has 1 amide bonds. The summed E-state index contributed by atoms with van der Waals surface area (Å²) in [6, 6.07) is 8.52.